The summed E-state index contributed by atoms with van der Waals surface area (Å²) in [6.07, 6.45) is 7.21. The van der Waals surface area contributed by atoms with Crippen molar-refractivity contribution in [3.05, 3.63) is 34.3 Å². The third-order valence-corrected chi connectivity index (χ3v) is 5.78. The minimum absolute atomic E-state index is 0.243. The largest absolute Gasteiger partial charge is 0.342 e. The fraction of sp³-hybridized carbons (Fsp3) is 0.632. The summed E-state index contributed by atoms with van der Waals surface area (Å²) in [7, 11) is 0. The van der Waals surface area contributed by atoms with E-state index in [4.69, 9.17) is 0 Å². The number of amides is 1. The smallest absolute Gasteiger partial charge is 0.231 e. The first-order valence-corrected chi connectivity index (χ1v) is 9.88. The lowest BCUT2D eigenvalue weighted by atomic mass is 9.96. The third-order valence-electron chi connectivity index (χ3n) is 5.25. The van der Waals surface area contributed by atoms with Crippen LogP contribution in [0.25, 0.3) is 0 Å². The number of rotatable bonds is 3. The van der Waals surface area contributed by atoms with Gasteiger partial charge in [-0.15, -0.1) is 0 Å². The number of hydrogen-bond acceptors (Lipinski definition) is 1. The van der Waals surface area contributed by atoms with Crippen LogP contribution in [0.3, 0.4) is 0 Å². The molecule has 23 heavy (non-hydrogen) atoms. The highest BCUT2D eigenvalue weighted by molar-refractivity contribution is 9.10. The van der Waals surface area contributed by atoms with Crippen LogP contribution < -0.4 is 4.90 Å². The lowest BCUT2D eigenvalue weighted by Gasteiger charge is -2.32. The zero-order valence-corrected chi connectivity index (χ0v) is 15.5. The minimum Gasteiger partial charge on any atom is -0.342 e. The van der Waals surface area contributed by atoms with Gasteiger partial charge in [0.2, 0.25) is 5.91 Å². The molecule has 2 aliphatic rings. The van der Waals surface area contributed by atoms with Crippen LogP contribution in [0.2, 0.25) is 0 Å². The minimum atomic E-state index is 0.243. The van der Waals surface area contributed by atoms with Gasteiger partial charge in [-0.05, 0) is 37.8 Å². The van der Waals surface area contributed by atoms with Gasteiger partial charge in [-0.25, -0.2) is 0 Å². The Bertz CT molecular complexity index is 509. The molecule has 1 unspecified atom stereocenters. The van der Waals surface area contributed by atoms with Crippen molar-refractivity contribution in [1.29, 1.82) is 0 Å². The average Bonchev–Trinajstić information content (AvgIpc) is 2.86. The number of carbonyl (C=O) groups is 1. The van der Waals surface area contributed by atoms with Crippen LogP contribution in [-0.2, 0) is 11.3 Å². The standard InChI is InChI=1S/C19H27BrN2O/c20-18-9-7-16(8-10-18)14-21-11-5-6-17(15-21)19(23)22-12-3-1-2-4-13-22/h7-10,17H,1-6,11-15H2/p+1/t17-/m0/s1. The first-order valence-electron chi connectivity index (χ1n) is 9.09. The summed E-state index contributed by atoms with van der Waals surface area (Å²) in [5.41, 5.74) is 1.37. The maximum absolute atomic E-state index is 12.9. The van der Waals surface area contributed by atoms with Gasteiger partial charge in [-0.1, -0.05) is 40.9 Å². The Morgan fingerprint density at radius 2 is 1.78 bits per heavy atom. The van der Waals surface area contributed by atoms with Crippen molar-refractivity contribution in [2.75, 3.05) is 26.2 Å². The van der Waals surface area contributed by atoms with E-state index in [-0.39, 0.29) is 5.92 Å². The van der Waals surface area contributed by atoms with E-state index in [2.05, 4.69) is 45.1 Å². The first-order chi connectivity index (χ1) is 11.2. The van der Waals surface area contributed by atoms with Crippen molar-refractivity contribution in [1.82, 2.24) is 4.90 Å². The summed E-state index contributed by atoms with van der Waals surface area (Å²) in [5.74, 6) is 0.673. The summed E-state index contributed by atoms with van der Waals surface area (Å²) in [6.45, 7) is 5.21. The molecule has 2 atom stereocenters. The molecule has 0 spiro atoms. The van der Waals surface area contributed by atoms with Gasteiger partial charge in [0.25, 0.3) is 0 Å². The number of nitrogens with zero attached hydrogens (tertiary/aromatic N) is 1. The fourth-order valence-electron chi connectivity index (χ4n) is 3.96. The van der Waals surface area contributed by atoms with Crippen LogP contribution in [0.5, 0.6) is 0 Å². The van der Waals surface area contributed by atoms with Crippen LogP contribution >= 0.6 is 15.9 Å². The topological polar surface area (TPSA) is 24.8 Å². The summed E-state index contributed by atoms with van der Waals surface area (Å²) in [5, 5.41) is 0. The van der Waals surface area contributed by atoms with E-state index in [1.165, 1.54) is 44.2 Å². The van der Waals surface area contributed by atoms with Crippen molar-refractivity contribution in [2.24, 2.45) is 5.92 Å². The summed E-state index contributed by atoms with van der Waals surface area (Å²) >= 11 is 3.49. The molecule has 4 heteroatoms. The number of hydrogen-bond donors (Lipinski definition) is 1. The second-order valence-corrected chi connectivity index (χ2v) is 8.00. The second kappa shape index (κ2) is 8.29. The molecule has 0 bridgehead atoms. The third kappa shape index (κ3) is 4.80. The number of benzene rings is 1. The van der Waals surface area contributed by atoms with Crippen LogP contribution in [0.15, 0.2) is 28.7 Å². The zero-order valence-electron chi connectivity index (χ0n) is 13.9. The predicted molar refractivity (Wildman–Crippen MR) is 96.3 cm³/mol. The molecule has 3 nitrogen and oxygen atoms in total. The SMILES string of the molecule is O=C([C@H]1CCC[NH+](Cc2ccc(Br)cc2)C1)N1CCCCCC1. The average molecular weight is 380 g/mol. The van der Waals surface area contributed by atoms with Crippen molar-refractivity contribution in [3.8, 4) is 0 Å². The highest BCUT2D eigenvalue weighted by Gasteiger charge is 2.31. The van der Waals surface area contributed by atoms with Gasteiger partial charge in [0.1, 0.15) is 6.54 Å². The molecule has 1 amide bonds. The van der Waals surface area contributed by atoms with Crippen LogP contribution in [0.1, 0.15) is 44.1 Å². The number of halogens is 1. The lowest BCUT2D eigenvalue weighted by Crippen LogP contribution is -3.12. The molecule has 126 valence electrons. The molecule has 2 saturated heterocycles. The molecule has 2 fully saturated rings. The van der Waals surface area contributed by atoms with E-state index in [0.29, 0.717) is 5.91 Å². The van der Waals surface area contributed by atoms with E-state index in [9.17, 15) is 4.79 Å². The highest BCUT2D eigenvalue weighted by atomic mass is 79.9. The number of nitrogens with one attached hydrogen (secondary N) is 1. The number of quaternary nitrogens is 1. The zero-order chi connectivity index (χ0) is 16.1. The molecule has 1 aromatic carbocycles. The number of piperidine rings is 1. The molecule has 3 rings (SSSR count). The molecular formula is C19H28BrN2O+. The Labute approximate surface area is 148 Å². The predicted octanol–water partition coefficient (Wildman–Crippen LogP) is 2.65. The van der Waals surface area contributed by atoms with Crippen LogP contribution in [0.4, 0.5) is 0 Å². The highest BCUT2D eigenvalue weighted by Crippen LogP contribution is 2.17. The fourth-order valence-corrected chi connectivity index (χ4v) is 4.23. The molecule has 0 radical (unpaired) electrons. The van der Waals surface area contributed by atoms with E-state index in [1.54, 1.807) is 4.90 Å². The van der Waals surface area contributed by atoms with E-state index in [0.717, 1.165) is 37.1 Å². The maximum Gasteiger partial charge on any atom is 0.231 e. The summed E-state index contributed by atoms with van der Waals surface area (Å²) < 4.78 is 1.13. The lowest BCUT2D eigenvalue weighted by molar-refractivity contribution is -0.921. The first kappa shape index (κ1) is 17.0. The Morgan fingerprint density at radius 1 is 1.09 bits per heavy atom. The number of carbonyl (C=O) groups excluding carboxylic acids is 1. The van der Waals surface area contributed by atoms with Crippen molar-refractivity contribution >= 4 is 21.8 Å². The van der Waals surface area contributed by atoms with Crippen molar-refractivity contribution in [3.63, 3.8) is 0 Å². The second-order valence-electron chi connectivity index (χ2n) is 7.09. The van der Waals surface area contributed by atoms with Crippen LogP contribution in [0, 0.1) is 5.92 Å². The molecule has 1 N–H and O–H groups in total. The van der Waals surface area contributed by atoms with E-state index in [1.807, 2.05) is 0 Å². The van der Waals surface area contributed by atoms with Crippen molar-refractivity contribution in [2.45, 2.75) is 45.1 Å². The molecule has 0 aliphatic carbocycles. The van der Waals surface area contributed by atoms with Gasteiger partial charge >= 0.3 is 0 Å². The van der Waals surface area contributed by atoms with Gasteiger partial charge < -0.3 is 9.80 Å². The molecule has 0 aromatic heterocycles. The quantitative estimate of drug-likeness (QED) is 0.857. The van der Waals surface area contributed by atoms with E-state index >= 15 is 0 Å². The summed E-state index contributed by atoms with van der Waals surface area (Å²) in [6, 6.07) is 8.60. The van der Waals surface area contributed by atoms with E-state index < -0.39 is 0 Å². The molecular weight excluding hydrogens is 352 g/mol. The Kier molecular flexibility index (Phi) is 6.12. The normalized spacial score (nSPS) is 25.9. The van der Waals surface area contributed by atoms with Gasteiger partial charge in [-0.3, -0.25) is 4.79 Å². The molecule has 0 saturated carbocycles. The molecule has 2 aliphatic heterocycles. The Hall–Kier alpha value is -0.870. The Morgan fingerprint density at radius 3 is 2.48 bits per heavy atom. The van der Waals surface area contributed by atoms with Gasteiger partial charge in [0.05, 0.1) is 19.0 Å². The molecule has 1 aromatic rings. The monoisotopic (exact) mass is 379 g/mol. The molecule has 2 heterocycles. The van der Waals surface area contributed by atoms with Gasteiger partial charge in [-0.2, -0.15) is 0 Å². The van der Waals surface area contributed by atoms with Crippen LogP contribution in [-0.4, -0.2) is 37.0 Å². The summed E-state index contributed by atoms with van der Waals surface area (Å²) in [4.78, 5) is 16.6. The number of likely N-dealkylation sites (tertiary alicyclic amines) is 2. The van der Waals surface area contributed by atoms with Crippen molar-refractivity contribution < 1.29 is 9.69 Å². The Balaban J connectivity index is 1.56. The maximum atomic E-state index is 12.9. The van der Waals surface area contributed by atoms with Gasteiger partial charge in [0.15, 0.2) is 0 Å². The van der Waals surface area contributed by atoms with Gasteiger partial charge in [0, 0.05) is 23.1 Å².